The van der Waals surface area contributed by atoms with Crippen molar-refractivity contribution in [2.24, 2.45) is 0 Å². The van der Waals surface area contributed by atoms with Crippen LogP contribution in [0.5, 0.6) is 0 Å². The SMILES string of the molecule is Cc1cc2c3ccccc3n(-c3nc(-c4ccccc4)nc(-c4ccccc4)n3)c2cc1-c1ccccc1C(C)c1ccc2oc3c(-c4nc(-c5ccccc5)nc(-c5ccccc5)n4)cccc3c2c1. The minimum absolute atomic E-state index is 0.0282. The van der Waals surface area contributed by atoms with E-state index in [1.807, 2.05) is 127 Å². The molecule has 13 rings (SSSR count). The molecule has 0 aliphatic heterocycles. The summed E-state index contributed by atoms with van der Waals surface area (Å²) >= 11 is 0. The zero-order valence-electron chi connectivity index (χ0n) is 38.9. The van der Waals surface area contributed by atoms with Crippen LogP contribution in [0.25, 0.3) is 118 Å². The first-order valence-corrected chi connectivity index (χ1v) is 23.9. The number of fused-ring (bicyclic) bond motifs is 6. The van der Waals surface area contributed by atoms with Gasteiger partial charge in [-0.1, -0.05) is 189 Å². The molecule has 4 aromatic heterocycles. The molecule has 0 radical (unpaired) electrons. The van der Waals surface area contributed by atoms with Crippen molar-refractivity contribution < 1.29 is 4.42 Å². The van der Waals surface area contributed by atoms with Crippen LogP contribution >= 0.6 is 0 Å². The Balaban J connectivity index is 0.927. The summed E-state index contributed by atoms with van der Waals surface area (Å²) < 4.78 is 8.94. The van der Waals surface area contributed by atoms with E-state index in [0.717, 1.165) is 77.1 Å². The van der Waals surface area contributed by atoms with Crippen molar-refractivity contribution in [3.05, 3.63) is 235 Å². The summed E-state index contributed by atoms with van der Waals surface area (Å²) in [6, 6.07) is 75.1. The summed E-state index contributed by atoms with van der Waals surface area (Å²) in [7, 11) is 0. The molecular weight excluding hydrogens is 871 g/mol. The molecule has 0 bridgehead atoms. The van der Waals surface area contributed by atoms with Crippen LogP contribution in [0.4, 0.5) is 0 Å². The van der Waals surface area contributed by atoms with Gasteiger partial charge < -0.3 is 4.42 Å². The van der Waals surface area contributed by atoms with Crippen LogP contribution in [0.1, 0.15) is 29.5 Å². The van der Waals surface area contributed by atoms with Crippen LogP contribution in [0.15, 0.2) is 223 Å². The molecule has 71 heavy (non-hydrogen) atoms. The lowest BCUT2D eigenvalue weighted by atomic mass is 9.85. The Hall–Kier alpha value is -9.40. The van der Waals surface area contributed by atoms with Gasteiger partial charge in [-0.25, -0.2) is 19.9 Å². The van der Waals surface area contributed by atoms with Gasteiger partial charge in [-0.2, -0.15) is 9.97 Å². The fourth-order valence-electron chi connectivity index (χ4n) is 10.0. The van der Waals surface area contributed by atoms with Crippen molar-refractivity contribution in [1.82, 2.24) is 34.5 Å². The quantitative estimate of drug-likeness (QED) is 0.142. The molecule has 0 amide bonds. The second-order valence-corrected chi connectivity index (χ2v) is 17.9. The fraction of sp³-hybridized carbons (Fsp3) is 0.0476. The van der Waals surface area contributed by atoms with Crippen LogP contribution in [-0.2, 0) is 0 Å². The first kappa shape index (κ1) is 41.8. The molecule has 0 aliphatic rings. The maximum Gasteiger partial charge on any atom is 0.238 e. The summed E-state index contributed by atoms with van der Waals surface area (Å²) in [5.74, 6) is 3.59. The minimum Gasteiger partial charge on any atom is -0.455 e. The molecule has 1 unspecified atom stereocenters. The van der Waals surface area contributed by atoms with Gasteiger partial charge in [-0.3, -0.25) is 4.57 Å². The Kier molecular flexibility index (Phi) is 10.2. The fourth-order valence-corrected chi connectivity index (χ4v) is 10.0. The van der Waals surface area contributed by atoms with Gasteiger partial charge in [0.1, 0.15) is 11.2 Å². The van der Waals surface area contributed by atoms with Gasteiger partial charge in [0, 0.05) is 49.7 Å². The second kappa shape index (κ2) is 17.3. The average molecular weight is 914 g/mol. The highest BCUT2D eigenvalue weighted by molar-refractivity contribution is 6.11. The van der Waals surface area contributed by atoms with E-state index in [-0.39, 0.29) is 5.92 Å². The van der Waals surface area contributed by atoms with Gasteiger partial charge >= 0.3 is 0 Å². The van der Waals surface area contributed by atoms with Crippen molar-refractivity contribution in [3.63, 3.8) is 0 Å². The Morgan fingerprint density at radius 3 is 1.51 bits per heavy atom. The molecule has 0 saturated heterocycles. The van der Waals surface area contributed by atoms with E-state index >= 15 is 0 Å². The Morgan fingerprint density at radius 1 is 0.380 bits per heavy atom. The van der Waals surface area contributed by atoms with Gasteiger partial charge in [0.05, 0.1) is 16.6 Å². The normalized spacial score (nSPS) is 12.0. The largest absolute Gasteiger partial charge is 0.455 e. The van der Waals surface area contributed by atoms with Crippen LogP contribution in [0.2, 0.25) is 0 Å². The number of aromatic nitrogens is 7. The summed E-state index contributed by atoms with van der Waals surface area (Å²) in [6.07, 6.45) is 0. The molecule has 0 aliphatic carbocycles. The predicted molar refractivity (Wildman–Crippen MR) is 286 cm³/mol. The summed E-state index contributed by atoms with van der Waals surface area (Å²) in [4.78, 5) is 30.4. The molecule has 0 N–H and O–H groups in total. The number of hydrogen-bond donors (Lipinski definition) is 0. The lowest BCUT2D eigenvalue weighted by Gasteiger charge is -2.19. The zero-order valence-corrected chi connectivity index (χ0v) is 38.9. The second-order valence-electron chi connectivity index (χ2n) is 17.9. The average Bonchev–Trinajstić information content (AvgIpc) is 3.98. The number of benzene rings is 9. The van der Waals surface area contributed by atoms with Gasteiger partial charge in [-0.15, -0.1) is 0 Å². The molecule has 9 aromatic carbocycles. The van der Waals surface area contributed by atoms with Crippen molar-refractivity contribution in [1.29, 1.82) is 0 Å². The van der Waals surface area contributed by atoms with E-state index in [2.05, 4.69) is 109 Å². The number of hydrogen-bond acceptors (Lipinski definition) is 7. The lowest BCUT2D eigenvalue weighted by Crippen LogP contribution is -2.06. The number of furan rings is 1. The van der Waals surface area contributed by atoms with Gasteiger partial charge in [0.15, 0.2) is 29.1 Å². The molecule has 0 saturated carbocycles. The van der Waals surface area contributed by atoms with Crippen LogP contribution in [0.3, 0.4) is 0 Å². The van der Waals surface area contributed by atoms with E-state index in [1.54, 1.807) is 0 Å². The van der Waals surface area contributed by atoms with Crippen molar-refractivity contribution in [2.45, 2.75) is 19.8 Å². The van der Waals surface area contributed by atoms with E-state index in [9.17, 15) is 0 Å². The number of aryl methyl sites for hydroxylation is 1. The topological polar surface area (TPSA) is 95.4 Å². The van der Waals surface area contributed by atoms with Crippen LogP contribution in [0, 0.1) is 6.92 Å². The summed E-state index contributed by atoms with van der Waals surface area (Å²) in [5.41, 5.74) is 14.0. The minimum atomic E-state index is 0.0282. The Morgan fingerprint density at radius 2 is 0.887 bits per heavy atom. The van der Waals surface area contributed by atoms with E-state index < -0.39 is 0 Å². The number of rotatable bonds is 9. The molecular formula is C63H43N7O. The monoisotopic (exact) mass is 913 g/mol. The highest BCUT2D eigenvalue weighted by Crippen LogP contribution is 2.42. The van der Waals surface area contributed by atoms with Crippen molar-refractivity contribution in [3.8, 4) is 74.0 Å². The van der Waals surface area contributed by atoms with Crippen molar-refractivity contribution >= 4 is 43.7 Å². The first-order chi connectivity index (χ1) is 35.0. The Bertz CT molecular complexity index is 4020. The molecule has 0 spiro atoms. The molecule has 336 valence electrons. The molecule has 4 heterocycles. The first-order valence-electron chi connectivity index (χ1n) is 23.9. The van der Waals surface area contributed by atoms with Gasteiger partial charge in [0.2, 0.25) is 5.95 Å². The number of para-hydroxylation sites is 2. The lowest BCUT2D eigenvalue weighted by molar-refractivity contribution is 0.669. The van der Waals surface area contributed by atoms with E-state index in [0.29, 0.717) is 35.1 Å². The summed E-state index contributed by atoms with van der Waals surface area (Å²) in [5, 5.41) is 4.31. The van der Waals surface area contributed by atoms with Crippen LogP contribution in [-0.4, -0.2) is 34.5 Å². The maximum atomic E-state index is 6.74. The van der Waals surface area contributed by atoms with Gasteiger partial charge in [0.25, 0.3) is 0 Å². The van der Waals surface area contributed by atoms with Crippen molar-refractivity contribution in [2.75, 3.05) is 0 Å². The Labute approximate surface area is 409 Å². The molecule has 0 fully saturated rings. The molecule has 8 nitrogen and oxygen atoms in total. The highest BCUT2D eigenvalue weighted by atomic mass is 16.3. The maximum absolute atomic E-state index is 6.74. The van der Waals surface area contributed by atoms with E-state index in [4.69, 9.17) is 34.3 Å². The molecule has 1 atom stereocenters. The summed E-state index contributed by atoms with van der Waals surface area (Å²) in [6.45, 7) is 4.51. The molecule has 13 aromatic rings. The molecule has 8 heteroatoms. The third-order valence-electron chi connectivity index (χ3n) is 13.6. The van der Waals surface area contributed by atoms with Gasteiger partial charge in [-0.05, 0) is 71.1 Å². The predicted octanol–water partition coefficient (Wildman–Crippen LogP) is 15.5. The zero-order chi connectivity index (χ0) is 47.4. The highest BCUT2D eigenvalue weighted by Gasteiger charge is 2.23. The third kappa shape index (κ3) is 7.41. The third-order valence-corrected chi connectivity index (χ3v) is 13.6. The van der Waals surface area contributed by atoms with Crippen LogP contribution < -0.4 is 0 Å². The van der Waals surface area contributed by atoms with E-state index in [1.165, 1.54) is 22.3 Å². The number of nitrogens with zero attached hydrogens (tertiary/aromatic N) is 7. The smallest absolute Gasteiger partial charge is 0.238 e. The standard InChI is InChI=1S/C63H43N7O/c1-39-36-52-48-30-17-18-33-54(48)70(63-68-60(43-24-11-5-12-25-43)65-61(69-63)44-26-13-6-14-27-44)55(52)38-51(39)47-29-16-15-28-46(47)40(2)45-34-35-56-53(37-45)49-31-19-32-50(57(49)71-56)62-66-58(41-20-7-3-8-21-41)64-59(67-62)42-22-9-4-10-23-42/h3-38,40H,1-2H3.